The van der Waals surface area contributed by atoms with Crippen LogP contribution in [0.2, 0.25) is 5.02 Å². The van der Waals surface area contributed by atoms with Gasteiger partial charge in [0.15, 0.2) is 0 Å². The molecule has 0 fully saturated rings. The molecule has 2 rings (SSSR count). The van der Waals surface area contributed by atoms with E-state index in [4.69, 9.17) is 11.6 Å². The summed E-state index contributed by atoms with van der Waals surface area (Å²) in [5.74, 6) is 0. The molecule has 0 amide bonds. The first-order valence-electron chi connectivity index (χ1n) is 4.75. The lowest BCUT2D eigenvalue weighted by molar-refractivity contribution is 0.756. The average Bonchev–Trinajstić information content (AvgIpc) is 2.24. The highest BCUT2D eigenvalue weighted by atomic mass is 127. The van der Waals surface area contributed by atoms with Crippen LogP contribution in [0.15, 0.2) is 47.4 Å². The topological polar surface area (TPSA) is 22.0 Å². The second-order valence-electron chi connectivity index (χ2n) is 3.44. The van der Waals surface area contributed by atoms with Crippen LogP contribution in [-0.4, -0.2) is 4.57 Å². The highest BCUT2D eigenvalue weighted by Gasteiger charge is 1.99. The molecule has 82 valence electrons. The molecular formula is C12H9ClINO. The lowest BCUT2D eigenvalue weighted by atomic mass is 10.2. The van der Waals surface area contributed by atoms with Gasteiger partial charge in [0.1, 0.15) is 0 Å². The largest absolute Gasteiger partial charge is 0.310 e. The van der Waals surface area contributed by atoms with Crippen LogP contribution < -0.4 is 5.56 Å². The van der Waals surface area contributed by atoms with Crippen molar-refractivity contribution in [2.45, 2.75) is 6.54 Å². The monoisotopic (exact) mass is 345 g/mol. The van der Waals surface area contributed by atoms with Crippen molar-refractivity contribution in [3.63, 3.8) is 0 Å². The van der Waals surface area contributed by atoms with Crippen LogP contribution in [0.1, 0.15) is 5.56 Å². The molecule has 0 bridgehead atoms. The average molecular weight is 346 g/mol. The summed E-state index contributed by atoms with van der Waals surface area (Å²) in [5.41, 5.74) is 1.02. The van der Waals surface area contributed by atoms with Crippen molar-refractivity contribution in [1.29, 1.82) is 0 Å². The minimum absolute atomic E-state index is 0.000363. The van der Waals surface area contributed by atoms with E-state index in [9.17, 15) is 4.79 Å². The second kappa shape index (κ2) is 5.01. The molecule has 0 radical (unpaired) electrons. The SMILES string of the molecule is O=c1ccc(I)cn1Cc1cccc(Cl)c1. The minimum Gasteiger partial charge on any atom is -0.310 e. The molecule has 0 N–H and O–H groups in total. The Morgan fingerprint density at radius 1 is 1.25 bits per heavy atom. The highest BCUT2D eigenvalue weighted by molar-refractivity contribution is 14.1. The van der Waals surface area contributed by atoms with Gasteiger partial charge in [-0.1, -0.05) is 23.7 Å². The van der Waals surface area contributed by atoms with Crippen molar-refractivity contribution in [3.05, 3.63) is 67.1 Å². The van der Waals surface area contributed by atoms with E-state index in [1.807, 2.05) is 30.5 Å². The first kappa shape index (κ1) is 11.7. The number of benzene rings is 1. The first-order valence-corrected chi connectivity index (χ1v) is 6.21. The quantitative estimate of drug-likeness (QED) is 0.767. The highest BCUT2D eigenvalue weighted by Crippen LogP contribution is 2.11. The molecule has 1 heterocycles. The maximum Gasteiger partial charge on any atom is 0.250 e. The fraction of sp³-hybridized carbons (Fsp3) is 0.0833. The lowest BCUT2D eigenvalue weighted by Crippen LogP contribution is -2.19. The number of halogens is 2. The molecule has 0 aliphatic carbocycles. The summed E-state index contributed by atoms with van der Waals surface area (Å²) in [6, 6.07) is 10.9. The van der Waals surface area contributed by atoms with Gasteiger partial charge in [0.25, 0.3) is 5.56 Å². The third-order valence-electron chi connectivity index (χ3n) is 2.19. The van der Waals surface area contributed by atoms with Crippen LogP contribution in [0.3, 0.4) is 0 Å². The van der Waals surface area contributed by atoms with Crippen LogP contribution in [0.5, 0.6) is 0 Å². The van der Waals surface area contributed by atoms with E-state index >= 15 is 0 Å². The zero-order chi connectivity index (χ0) is 11.5. The maximum absolute atomic E-state index is 11.6. The van der Waals surface area contributed by atoms with Crippen LogP contribution in [0.25, 0.3) is 0 Å². The van der Waals surface area contributed by atoms with Crippen molar-refractivity contribution in [3.8, 4) is 0 Å². The van der Waals surface area contributed by atoms with Crippen molar-refractivity contribution < 1.29 is 0 Å². The van der Waals surface area contributed by atoms with E-state index in [2.05, 4.69) is 22.6 Å². The van der Waals surface area contributed by atoms with Gasteiger partial charge in [-0.3, -0.25) is 4.79 Å². The Morgan fingerprint density at radius 3 is 2.81 bits per heavy atom. The molecule has 1 aromatic heterocycles. The van der Waals surface area contributed by atoms with Crippen LogP contribution in [0.4, 0.5) is 0 Å². The smallest absolute Gasteiger partial charge is 0.250 e. The van der Waals surface area contributed by atoms with E-state index in [-0.39, 0.29) is 5.56 Å². The van der Waals surface area contributed by atoms with Gasteiger partial charge in [0, 0.05) is 20.9 Å². The molecule has 0 saturated carbocycles. The number of hydrogen-bond donors (Lipinski definition) is 0. The first-order chi connectivity index (χ1) is 7.65. The van der Waals surface area contributed by atoms with Gasteiger partial charge >= 0.3 is 0 Å². The Kier molecular flexibility index (Phi) is 3.66. The third-order valence-corrected chi connectivity index (χ3v) is 3.06. The fourth-order valence-electron chi connectivity index (χ4n) is 1.46. The van der Waals surface area contributed by atoms with Gasteiger partial charge < -0.3 is 4.57 Å². The molecule has 16 heavy (non-hydrogen) atoms. The van der Waals surface area contributed by atoms with E-state index in [1.165, 1.54) is 0 Å². The van der Waals surface area contributed by atoms with Gasteiger partial charge in [0.05, 0.1) is 6.54 Å². The molecule has 0 atom stereocenters. The second-order valence-corrected chi connectivity index (χ2v) is 5.13. The molecular weight excluding hydrogens is 336 g/mol. The number of nitrogens with zero attached hydrogens (tertiary/aromatic N) is 1. The van der Waals surface area contributed by atoms with E-state index in [0.29, 0.717) is 11.6 Å². The van der Waals surface area contributed by atoms with Crippen LogP contribution in [0, 0.1) is 3.57 Å². The Bertz CT molecular complexity index is 565. The summed E-state index contributed by atoms with van der Waals surface area (Å²) in [5, 5.41) is 0.691. The Hall–Kier alpha value is -0.810. The number of rotatable bonds is 2. The minimum atomic E-state index is 0.000363. The van der Waals surface area contributed by atoms with Crippen molar-refractivity contribution >= 4 is 34.2 Å². The standard InChI is InChI=1S/C12H9ClINO/c13-10-3-1-2-9(6-10)7-15-8-11(14)4-5-12(15)16/h1-6,8H,7H2. The Labute approximate surface area is 112 Å². The van der Waals surface area contributed by atoms with Crippen LogP contribution in [-0.2, 0) is 6.54 Å². The van der Waals surface area contributed by atoms with Crippen molar-refractivity contribution in [2.75, 3.05) is 0 Å². The molecule has 0 saturated heterocycles. The van der Waals surface area contributed by atoms with Gasteiger partial charge in [-0.15, -0.1) is 0 Å². The van der Waals surface area contributed by atoms with Gasteiger partial charge in [-0.2, -0.15) is 0 Å². The zero-order valence-corrected chi connectivity index (χ0v) is 11.3. The summed E-state index contributed by atoms with van der Waals surface area (Å²) in [6.07, 6.45) is 1.84. The summed E-state index contributed by atoms with van der Waals surface area (Å²) in [6.45, 7) is 0.552. The zero-order valence-electron chi connectivity index (χ0n) is 8.36. The number of pyridine rings is 1. The van der Waals surface area contributed by atoms with Gasteiger partial charge in [-0.05, 0) is 46.4 Å². The number of hydrogen-bond acceptors (Lipinski definition) is 1. The molecule has 2 nitrogen and oxygen atoms in total. The van der Waals surface area contributed by atoms with Crippen LogP contribution >= 0.6 is 34.2 Å². The lowest BCUT2D eigenvalue weighted by Gasteiger charge is -2.06. The third kappa shape index (κ3) is 2.86. The van der Waals surface area contributed by atoms with Gasteiger partial charge in [-0.25, -0.2) is 0 Å². The summed E-state index contributed by atoms with van der Waals surface area (Å²) in [7, 11) is 0. The Morgan fingerprint density at radius 2 is 2.06 bits per heavy atom. The summed E-state index contributed by atoms with van der Waals surface area (Å²) in [4.78, 5) is 11.6. The molecule has 2 aromatic rings. The van der Waals surface area contributed by atoms with E-state index in [1.54, 1.807) is 16.7 Å². The predicted octanol–water partition coefficient (Wildman–Crippen LogP) is 3.15. The van der Waals surface area contributed by atoms with E-state index < -0.39 is 0 Å². The number of aromatic nitrogens is 1. The molecule has 0 spiro atoms. The molecule has 0 aliphatic heterocycles. The maximum atomic E-state index is 11.6. The normalized spacial score (nSPS) is 10.4. The molecule has 4 heteroatoms. The predicted molar refractivity (Wildman–Crippen MR) is 74.0 cm³/mol. The summed E-state index contributed by atoms with van der Waals surface area (Å²) >= 11 is 8.08. The summed E-state index contributed by atoms with van der Waals surface area (Å²) < 4.78 is 2.71. The van der Waals surface area contributed by atoms with Crippen molar-refractivity contribution in [2.24, 2.45) is 0 Å². The van der Waals surface area contributed by atoms with Crippen molar-refractivity contribution in [1.82, 2.24) is 4.57 Å². The van der Waals surface area contributed by atoms with Gasteiger partial charge in [0.2, 0.25) is 0 Å². The van der Waals surface area contributed by atoms with E-state index in [0.717, 1.165) is 9.13 Å². The molecule has 0 unspecified atom stereocenters. The fourth-order valence-corrected chi connectivity index (χ4v) is 2.19. The molecule has 0 aliphatic rings. The Balaban J connectivity index is 2.34. The molecule has 1 aromatic carbocycles.